The first-order valence-corrected chi connectivity index (χ1v) is 18.2. The molecule has 1 heterocycles. The molecule has 0 aliphatic carbocycles. The van der Waals surface area contributed by atoms with Gasteiger partial charge < -0.3 is 0 Å². The zero-order chi connectivity index (χ0) is 34.9. The summed E-state index contributed by atoms with van der Waals surface area (Å²) in [4.78, 5) is 5.13. The van der Waals surface area contributed by atoms with Crippen LogP contribution in [0.4, 0.5) is 0 Å². The van der Waals surface area contributed by atoms with Crippen LogP contribution >= 0.6 is 0 Å². The third-order valence-electron chi connectivity index (χ3n) is 11.0. The molecular weight excluding hydrogens is 641 g/mol. The predicted octanol–water partition coefficient (Wildman–Crippen LogP) is 13.8. The molecule has 0 amide bonds. The van der Waals surface area contributed by atoms with E-state index < -0.39 is 0 Å². The summed E-state index contributed by atoms with van der Waals surface area (Å²) < 4.78 is 2.26. The van der Waals surface area contributed by atoms with E-state index in [0.29, 0.717) is 0 Å². The number of hydrogen-bond donors (Lipinski definition) is 0. The van der Waals surface area contributed by atoms with Crippen molar-refractivity contribution in [1.29, 1.82) is 0 Å². The molecule has 0 bridgehead atoms. The standard InChI is InChI=1S/C51H32N2/c1-2-15-38(16-3-1)53-48-24-11-10-23-47(48)52-51(53)34-27-25-33(26-28-34)49-42-17-6-8-19-44(42)50(45-20-9-7-18-43(45)49)41-22-12-21-39-40(41)30-29-37-31-35-13-4-5-14-36(35)32-46(37)39/h1-32H. The van der Waals surface area contributed by atoms with Crippen LogP contribution in [0.3, 0.4) is 0 Å². The Hall–Kier alpha value is -7.03. The van der Waals surface area contributed by atoms with Gasteiger partial charge in [0.25, 0.3) is 0 Å². The molecule has 11 rings (SSSR count). The molecule has 0 atom stereocenters. The fourth-order valence-electron chi connectivity index (χ4n) is 8.57. The third-order valence-corrected chi connectivity index (χ3v) is 11.0. The molecule has 0 saturated heterocycles. The van der Waals surface area contributed by atoms with Crippen LogP contribution < -0.4 is 0 Å². The Kier molecular flexibility index (Phi) is 6.59. The van der Waals surface area contributed by atoms with Crippen LogP contribution in [0.25, 0.3) is 104 Å². The van der Waals surface area contributed by atoms with Crippen molar-refractivity contribution in [2.45, 2.75) is 0 Å². The molecule has 0 fully saturated rings. The van der Waals surface area contributed by atoms with E-state index in [1.165, 1.54) is 76.1 Å². The van der Waals surface area contributed by atoms with Crippen LogP contribution in [0, 0.1) is 0 Å². The van der Waals surface area contributed by atoms with Crippen molar-refractivity contribution in [3.8, 4) is 39.3 Å². The molecular formula is C51H32N2. The van der Waals surface area contributed by atoms with Crippen LogP contribution in [0.1, 0.15) is 0 Å². The number of nitrogens with zero attached hydrogens (tertiary/aromatic N) is 2. The molecule has 11 aromatic rings. The maximum atomic E-state index is 5.13. The fraction of sp³-hybridized carbons (Fsp3) is 0. The Balaban J connectivity index is 1.12. The molecule has 2 heteroatoms. The lowest BCUT2D eigenvalue weighted by Crippen LogP contribution is -1.97. The summed E-state index contributed by atoms with van der Waals surface area (Å²) in [6.07, 6.45) is 0. The van der Waals surface area contributed by atoms with Crippen molar-refractivity contribution < 1.29 is 0 Å². The summed E-state index contributed by atoms with van der Waals surface area (Å²) in [6, 6.07) is 70.5. The number of para-hydroxylation sites is 3. The second kappa shape index (κ2) is 11.8. The van der Waals surface area contributed by atoms with E-state index in [4.69, 9.17) is 4.98 Å². The Bertz CT molecular complexity index is 3150. The van der Waals surface area contributed by atoms with E-state index in [9.17, 15) is 0 Å². The highest BCUT2D eigenvalue weighted by Crippen LogP contribution is 2.46. The maximum Gasteiger partial charge on any atom is 0.145 e. The predicted molar refractivity (Wildman–Crippen MR) is 225 cm³/mol. The topological polar surface area (TPSA) is 17.8 Å². The summed E-state index contributed by atoms with van der Waals surface area (Å²) in [7, 11) is 0. The van der Waals surface area contributed by atoms with Gasteiger partial charge in [0.15, 0.2) is 0 Å². The molecule has 1 aromatic heterocycles. The number of rotatable bonds is 4. The highest BCUT2D eigenvalue weighted by atomic mass is 15.1. The molecule has 0 N–H and O–H groups in total. The second-order valence-corrected chi connectivity index (χ2v) is 13.9. The normalized spacial score (nSPS) is 11.8. The molecule has 0 radical (unpaired) electrons. The minimum atomic E-state index is 0.936. The maximum absolute atomic E-state index is 5.13. The van der Waals surface area contributed by atoms with Crippen molar-refractivity contribution >= 4 is 64.9 Å². The van der Waals surface area contributed by atoms with Gasteiger partial charge in [0.05, 0.1) is 11.0 Å². The fourth-order valence-corrected chi connectivity index (χ4v) is 8.57. The van der Waals surface area contributed by atoms with Crippen LogP contribution in [-0.4, -0.2) is 9.55 Å². The van der Waals surface area contributed by atoms with Crippen molar-refractivity contribution in [1.82, 2.24) is 9.55 Å². The number of fused-ring (bicyclic) bond motifs is 7. The summed E-state index contributed by atoms with van der Waals surface area (Å²) in [6.45, 7) is 0. The minimum absolute atomic E-state index is 0.936. The van der Waals surface area contributed by atoms with Crippen molar-refractivity contribution in [2.24, 2.45) is 0 Å². The smallest absolute Gasteiger partial charge is 0.145 e. The Labute approximate surface area is 306 Å². The molecule has 0 spiro atoms. The molecule has 53 heavy (non-hydrogen) atoms. The van der Waals surface area contributed by atoms with E-state index in [2.05, 4.69) is 199 Å². The highest BCUT2D eigenvalue weighted by Gasteiger charge is 2.19. The molecule has 0 unspecified atom stereocenters. The van der Waals surface area contributed by atoms with Crippen molar-refractivity contribution in [3.05, 3.63) is 194 Å². The Morgan fingerprint density at radius 1 is 0.340 bits per heavy atom. The number of benzene rings is 10. The first-order chi connectivity index (χ1) is 26.3. The quantitative estimate of drug-likeness (QED) is 0.134. The molecule has 10 aromatic carbocycles. The lowest BCUT2D eigenvalue weighted by molar-refractivity contribution is 1.10. The number of aromatic nitrogens is 2. The van der Waals surface area contributed by atoms with Gasteiger partial charge in [-0.1, -0.05) is 158 Å². The van der Waals surface area contributed by atoms with E-state index >= 15 is 0 Å². The Morgan fingerprint density at radius 2 is 0.925 bits per heavy atom. The minimum Gasteiger partial charge on any atom is -0.292 e. The van der Waals surface area contributed by atoms with Gasteiger partial charge in [0, 0.05) is 11.3 Å². The van der Waals surface area contributed by atoms with Crippen LogP contribution in [0.5, 0.6) is 0 Å². The van der Waals surface area contributed by atoms with Gasteiger partial charge >= 0.3 is 0 Å². The summed E-state index contributed by atoms with van der Waals surface area (Å²) in [5, 5.41) is 12.6. The SMILES string of the molecule is c1ccc(-n2c(-c3ccc(-c4c5ccccc5c(-c5cccc6c5ccc5cc7ccccc7cc56)c5ccccc45)cc3)nc3ccccc32)cc1. The Morgan fingerprint density at radius 3 is 1.66 bits per heavy atom. The largest absolute Gasteiger partial charge is 0.292 e. The third kappa shape index (κ3) is 4.63. The van der Waals surface area contributed by atoms with E-state index in [0.717, 1.165) is 28.1 Å². The summed E-state index contributed by atoms with van der Waals surface area (Å²) >= 11 is 0. The van der Waals surface area contributed by atoms with Gasteiger partial charge in [-0.2, -0.15) is 0 Å². The van der Waals surface area contributed by atoms with Crippen LogP contribution in [0.15, 0.2) is 194 Å². The van der Waals surface area contributed by atoms with Crippen LogP contribution in [-0.2, 0) is 0 Å². The zero-order valence-corrected chi connectivity index (χ0v) is 28.9. The average molecular weight is 673 g/mol. The van der Waals surface area contributed by atoms with Crippen molar-refractivity contribution in [3.63, 3.8) is 0 Å². The summed E-state index contributed by atoms with van der Waals surface area (Å²) in [5.74, 6) is 0.936. The zero-order valence-electron chi connectivity index (χ0n) is 28.9. The monoisotopic (exact) mass is 672 g/mol. The second-order valence-electron chi connectivity index (χ2n) is 13.9. The van der Waals surface area contributed by atoms with Gasteiger partial charge in [0.1, 0.15) is 5.82 Å². The number of imidazole rings is 1. The molecule has 2 nitrogen and oxygen atoms in total. The van der Waals surface area contributed by atoms with E-state index in [-0.39, 0.29) is 0 Å². The first kappa shape index (κ1) is 29.7. The van der Waals surface area contributed by atoms with Gasteiger partial charge in [-0.05, 0) is 113 Å². The number of hydrogen-bond acceptors (Lipinski definition) is 1. The molecule has 0 saturated carbocycles. The molecule has 0 aliphatic heterocycles. The van der Waals surface area contributed by atoms with Crippen LogP contribution in [0.2, 0.25) is 0 Å². The van der Waals surface area contributed by atoms with E-state index in [1.807, 2.05) is 0 Å². The summed E-state index contributed by atoms with van der Waals surface area (Å²) in [5.41, 5.74) is 9.23. The van der Waals surface area contributed by atoms with Gasteiger partial charge in [0.2, 0.25) is 0 Å². The van der Waals surface area contributed by atoms with Gasteiger partial charge in [-0.15, -0.1) is 0 Å². The molecule has 246 valence electrons. The highest BCUT2D eigenvalue weighted by molar-refractivity contribution is 6.25. The van der Waals surface area contributed by atoms with Gasteiger partial charge in [-0.25, -0.2) is 4.98 Å². The lowest BCUT2D eigenvalue weighted by Gasteiger charge is -2.19. The van der Waals surface area contributed by atoms with Crippen molar-refractivity contribution in [2.75, 3.05) is 0 Å². The lowest BCUT2D eigenvalue weighted by atomic mass is 9.84. The first-order valence-electron chi connectivity index (χ1n) is 18.2. The average Bonchev–Trinajstić information content (AvgIpc) is 3.62. The van der Waals surface area contributed by atoms with E-state index in [1.54, 1.807) is 0 Å². The molecule has 0 aliphatic rings. The van der Waals surface area contributed by atoms with Gasteiger partial charge in [-0.3, -0.25) is 4.57 Å².